The minimum Gasteiger partial charge on any atom is -0.496 e. The number of nitrogens with one attached hydrogen (secondary N) is 2. The van der Waals surface area contributed by atoms with Crippen molar-refractivity contribution in [3.8, 4) is 22.8 Å². The Bertz CT molecular complexity index is 892. The molecule has 0 radical (unpaired) electrons. The maximum atomic E-state index is 12.4. The minimum atomic E-state index is -0.488. The number of carbonyl (C=O) groups is 1. The molecule has 1 saturated heterocycles. The Morgan fingerprint density at radius 3 is 2.38 bits per heavy atom. The zero-order chi connectivity index (χ0) is 20.5. The summed E-state index contributed by atoms with van der Waals surface area (Å²) in [4.78, 5) is 12.4. The van der Waals surface area contributed by atoms with Crippen molar-refractivity contribution in [2.45, 2.75) is 32.2 Å². The van der Waals surface area contributed by atoms with Crippen LogP contribution in [0.4, 0.5) is 5.82 Å². The first-order valence-corrected chi connectivity index (χ1v) is 10.1. The molecule has 0 aliphatic carbocycles. The van der Waals surface area contributed by atoms with Crippen LogP contribution in [0.2, 0.25) is 0 Å². The van der Waals surface area contributed by atoms with Gasteiger partial charge in [-0.3, -0.25) is 4.79 Å². The van der Waals surface area contributed by atoms with Gasteiger partial charge in [-0.25, -0.2) is 4.68 Å². The lowest BCUT2D eigenvalue weighted by Crippen LogP contribution is -2.36. The smallest absolute Gasteiger partial charge is 0.254 e. The van der Waals surface area contributed by atoms with E-state index in [-0.39, 0.29) is 6.04 Å². The molecule has 1 amide bonds. The van der Waals surface area contributed by atoms with E-state index in [0.29, 0.717) is 28.7 Å². The molecule has 1 fully saturated rings. The number of carbonyl (C=O) groups excluding carboxylic acids is 1. The molecule has 2 aliphatic heterocycles. The maximum Gasteiger partial charge on any atom is 0.254 e. The zero-order valence-corrected chi connectivity index (χ0v) is 17.2. The van der Waals surface area contributed by atoms with Crippen molar-refractivity contribution in [2.75, 3.05) is 39.2 Å². The van der Waals surface area contributed by atoms with Gasteiger partial charge in [0.25, 0.3) is 5.91 Å². The van der Waals surface area contributed by atoms with Gasteiger partial charge < -0.3 is 25.8 Å². The average Bonchev–Trinajstić information content (AvgIpc) is 3.14. The lowest BCUT2D eigenvalue weighted by atomic mass is 9.87. The number of piperidine rings is 1. The second-order valence-electron chi connectivity index (χ2n) is 7.76. The third kappa shape index (κ3) is 3.42. The van der Waals surface area contributed by atoms with Crippen LogP contribution in [0.15, 0.2) is 12.1 Å². The van der Waals surface area contributed by atoms with Crippen LogP contribution in [0.25, 0.3) is 11.3 Å². The number of aromatic nitrogens is 2. The lowest BCUT2D eigenvalue weighted by Gasteiger charge is -2.34. The van der Waals surface area contributed by atoms with Gasteiger partial charge in [-0.2, -0.15) is 5.10 Å². The number of hydrogen-bond donors (Lipinski definition) is 3. The summed E-state index contributed by atoms with van der Waals surface area (Å²) in [5, 5.41) is 11.7. The van der Waals surface area contributed by atoms with E-state index >= 15 is 0 Å². The molecular weight excluding hydrogens is 370 g/mol. The van der Waals surface area contributed by atoms with Gasteiger partial charge in [0, 0.05) is 17.7 Å². The Kier molecular flexibility index (Phi) is 5.36. The van der Waals surface area contributed by atoms with Gasteiger partial charge in [-0.1, -0.05) is 0 Å². The van der Waals surface area contributed by atoms with Gasteiger partial charge >= 0.3 is 0 Å². The summed E-state index contributed by atoms with van der Waals surface area (Å²) in [6.07, 6.45) is 3.20. The standard InChI is InChI=1S/C21H29N5O3/c1-12-16(28-2)10-14(11-17(12)29-3)19-18(20(22)27)21-24-9-6-15(26(21)25-19)13-4-7-23-8-5-13/h10-11,13,15,23-24H,4-9H2,1-3H3,(H2,22,27). The summed E-state index contributed by atoms with van der Waals surface area (Å²) in [5.41, 5.74) is 8.46. The first kappa shape index (κ1) is 19.6. The van der Waals surface area contributed by atoms with E-state index in [1.807, 2.05) is 23.7 Å². The molecule has 0 bridgehead atoms. The highest BCUT2D eigenvalue weighted by atomic mass is 16.5. The second-order valence-corrected chi connectivity index (χ2v) is 7.76. The third-order valence-electron chi connectivity index (χ3n) is 6.16. The van der Waals surface area contributed by atoms with Gasteiger partial charge in [-0.05, 0) is 57.3 Å². The molecule has 1 atom stereocenters. The highest BCUT2D eigenvalue weighted by molar-refractivity contribution is 6.04. The Balaban J connectivity index is 1.85. The average molecular weight is 399 g/mol. The quantitative estimate of drug-likeness (QED) is 0.713. The molecule has 4 rings (SSSR count). The van der Waals surface area contributed by atoms with E-state index < -0.39 is 5.91 Å². The number of fused-ring (bicyclic) bond motifs is 1. The fraction of sp³-hybridized carbons (Fsp3) is 0.524. The number of ether oxygens (including phenoxy) is 2. The fourth-order valence-electron chi connectivity index (χ4n) is 4.63. The van der Waals surface area contributed by atoms with Crippen LogP contribution in [0.1, 0.15) is 41.2 Å². The normalized spacial score (nSPS) is 19.3. The van der Waals surface area contributed by atoms with Crippen molar-refractivity contribution in [2.24, 2.45) is 11.7 Å². The van der Waals surface area contributed by atoms with Crippen LogP contribution in [-0.4, -0.2) is 49.5 Å². The molecule has 1 aromatic heterocycles. The second kappa shape index (κ2) is 7.94. The van der Waals surface area contributed by atoms with Gasteiger partial charge in [-0.15, -0.1) is 0 Å². The summed E-state index contributed by atoms with van der Waals surface area (Å²) >= 11 is 0. The van der Waals surface area contributed by atoms with Crippen LogP contribution in [0.3, 0.4) is 0 Å². The van der Waals surface area contributed by atoms with Crippen molar-refractivity contribution in [1.82, 2.24) is 15.1 Å². The number of primary amides is 1. The Hall–Kier alpha value is -2.74. The number of hydrogen-bond acceptors (Lipinski definition) is 6. The number of methoxy groups -OCH3 is 2. The number of nitrogens with two attached hydrogens (primary N) is 1. The Morgan fingerprint density at radius 2 is 1.79 bits per heavy atom. The topological polar surface area (TPSA) is 103 Å². The fourth-order valence-corrected chi connectivity index (χ4v) is 4.63. The molecule has 2 aromatic rings. The Labute approximate surface area is 170 Å². The molecule has 1 unspecified atom stereocenters. The van der Waals surface area contributed by atoms with Crippen LogP contribution >= 0.6 is 0 Å². The highest BCUT2D eigenvalue weighted by Gasteiger charge is 2.34. The number of benzene rings is 1. The van der Waals surface area contributed by atoms with E-state index in [1.54, 1.807) is 14.2 Å². The maximum absolute atomic E-state index is 12.4. The SMILES string of the molecule is COc1cc(-c2nn3c(c2C(N)=O)NCCC3C2CCNCC2)cc(OC)c1C. The van der Waals surface area contributed by atoms with Crippen molar-refractivity contribution >= 4 is 11.7 Å². The van der Waals surface area contributed by atoms with Gasteiger partial charge in [0.15, 0.2) is 0 Å². The predicted octanol–water partition coefficient (Wildman–Crippen LogP) is 2.33. The first-order chi connectivity index (χ1) is 14.0. The van der Waals surface area contributed by atoms with Crippen LogP contribution in [-0.2, 0) is 0 Å². The summed E-state index contributed by atoms with van der Waals surface area (Å²) in [6.45, 7) is 4.78. The first-order valence-electron chi connectivity index (χ1n) is 10.1. The van der Waals surface area contributed by atoms with E-state index in [1.165, 1.54) is 0 Å². The van der Waals surface area contributed by atoms with Crippen molar-refractivity contribution < 1.29 is 14.3 Å². The number of nitrogens with zero attached hydrogens (tertiary/aromatic N) is 2. The highest BCUT2D eigenvalue weighted by Crippen LogP contribution is 2.41. The number of amides is 1. The summed E-state index contributed by atoms with van der Waals surface area (Å²) in [5.74, 6) is 2.14. The van der Waals surface area contributed by atoms with Gasteiger partial charge in [0.2, 0.25) is 0 Å². The molecule has 3 heterocycles. The van der Waals surface area contributed by atoms with Crippen molar-refractivity contribution in [1.29, 1.82) is 0 Å². The van der Waals surface area contributed by atoms with E-state index in [4.69, 9.17) is 20.3 Å². The van der Waals surface area contributed by atoms with Crippen LogP contribution in [0, 0.1) is 12.8 Å². The van der Waals surface area contributed by atoms with E-state index in [9.17, 15) is 4.79 Å². The number of anilines is 1. The molecule has 29 heavy (non-hydrogen) atoms. The van der Waals surface area contributed by atoms with Gasteiger partial charge in [0.1, 0.15) is 28.6 Å². The third-order valence-corrected chi connectivity index (χ3v) is 6.16. The van der Waals surface area contributed by atoms with Crippen molar-refractivity contribution in [3.63, 3.8) is 0 Å². The molecule has 0 saturated carbocycles. The molecule has 8 heteroatoms. The largest absolute Gasteiger partial charge is 0.496 e. The molecule has 8 nitrogen and oxygen atoms in total. The number of rotatable bonds is 5. The zero-order valence-electron chi connectivity index (χ0n) is 17.2. The molecular formula is C21H29N5O3. The summed E-state index contributed by atoms with van der Waals surface area (Å²) in [7, 11) is 3.24. The molecule has 0 spiro atoms. The van der Waals surface area contributed by atoms with Crippen molar-refractivity contribution in [3.05, 3.63) is 23.3 Å². The van der Waals surface area contributed by atoms with Gasteiger partial charge in [0.05, 0.1) is 20.3 Å². The monoisotopic (exact) mass is 399 g/mol. The Morgan fingerprint density at radius 1 is 1.14 bits per heavy atom. The summed E-state index contributed by atoms with van der Waals surface area (Å²) < 4.78 is 13.0. The molecule has 1 aromatic carbocycles. The molecule has 2 aliphatic rings. The van der Waals surface area contributed by atoms with E-state index in [0.717, 1.165) is 55.8 Å². The minimum absolute atomic E-state index is 0.259. The molecule has 4 N–H and O–H groups in total. The predicted molar refractivity (Wildman–Crippen MR) is 112 cm³/mol. The van der Waals surface area contributed by atoms with E-state index in [2.05, 4.69) is 10.6 Å². The summed E-state index contributed by atoms with van der Waals surface area (Å²) in [6, 6.07) is 4.03. The lowest BCUT2D eigenvalue weighted by molar-refractivity contribution is 0.100. The van der Waals surface area contributed by atoms with Crippen LogP contribution < -0.4 is 25.8 Å². The molecule has 156 valence electrons. The van der Waals surface area contributed by atoms with Crippen LogP contribution in [0.5, 0.6) is 11.5 Å².